The molecule has 2 nitrogen and oxygen atoms in total. The monoisotopic (exact) mass is 282 g/mol. The van der Waals surface area contributed by atoms with Gasteiger partial charge in [-0.05, 0) is 40.7 Å². The largest absolute Gasteiger partial charge is 0.196 e. The van der Waals surface area contributed by atoms with Crippen LogP contribution >= 0.6 is 0 Å². The van der Waals surface area contributed by atoms with E-state index in [4.69, 9.17) is 0 Å². The molecule has 0 N–H and O–H groups in total. The molecule has 1 aromatic carbocycles. The molecule has 22 heavy (non-hydrogen) atoms. The summed E-state index contributed by atoms with van der Waals surface area (Å²) in [6, 6.07) is 12.9. The van der Waals surface area contributed by atoms with Crippen LogP contribution in [0, 0.1) is 34.0 Å². The molecule has 0 bridgehead atoms. The predicted octanol–water partition coefficient (Wildman–Crippen LogP) is 4.10. The molecule has 2 heteroatoms. The van der Waals surface area contributed by atoms with Gasteiger partial charge in [-0.1, -0.05) is 54.6 Å². The maximum absolute atomic E-state index is 9.92. The van der Waals surface area contributed by atoms with Gasteiger partial charge in [0.05, 0.1) is 12.1 Å². The molecule has 0 amide bonds. The Hall–Kier alpha value is -2.84. The lowest BCUT2D eigenvalue weighted by Crippen LogP contribution is -2.24. The quantitative estimate of drug-likeness (QED) is 0.719. The van der Waals surface area contributed by atoms with Gasteiger partial charge in [0.2, 0.25) is 0 Å². The second kappa shape index (κ2) is 4.58. The van der Waals surface area contributed by atoms with Crippen LogP contribution in [0.1, 0.15) is 17.5 Å². The third kappa shape index (κ3) is 1.47. The van der Waals surface area contributed by atoms with Crippen LogP contribution in [-0.2, 0) is 6.42 Å². The number of allylic oxidation sites excluding steroid dienone is 8. The van der Waals surface area contributed by atoms with Crippen LogP contribution in [0.25, 0.3) is 5.57 Å². The van der Waals surface area contributed by atoms with Crippen LogP contribution in [0.5, 0.6) is 0 Å². The average Bonchev–Trinajstić information content (AvgIpc) is 2.71. The molecule has 104 valence electrons. The van der Waals surface area contributed by atoms with E-state index in [1.165, 1.54) is 11.1 Å². The van der Waals surface area contributed by atoms with Gasteiger partial charge in [0.25, 0.3) is 0 Å². The molecule has 0 heterocycles. The first-order valence-corrected chi connectivity index (χ1v) is 7.51. The minimum absolute atomic E-state index is 0.173. The summed E-state index contributed by atoms with van der Waals surface area (Å²) in [6.45, 7) is 0. The molecule has 1 atom stereocenters. The average molecular weight is 282 g/mol. The van der Waals surface area contributed by atoms with E-state index in [0.717, 1.165) is 29.6 Å². The van der Waals surface area contributed by atoms with Gasteiger partial charge < -0.3 is 0 Å². The molecular formula is C20H14N2. The number of aryl methyl sites for hydroxylation is 1. The molecule has 0 radical (unpaired) electrons. The summed E-state index contributed by atoms with van der Waals surface area (Å²) < 4.78 is 0. The van der Waals surface area contributed by atoms with Crippen molar-refractivity contribution in [3.63, 3.8) is 0 Å². The van der Waals surface area contributed by atoms with E-state index in [1.807, 2.05) is 36.4 Å². The van der Waals surface area contributed by atoms with E-state index in [0.29, 0.717) is 0 Å². The Balaban J connectivity index is 2.07. The fourth-order valence-corrected chi connectivity index (χ4v) is 3.97. The van der Waals surface area contributed by atoms with Crippen molar-refractivity contribution >= 4 is 5.57 Å². The van der Waals surface area contributed by atoms with Crippen LogP contribution in [0.4, 0.5) is 0 Å². The van der Waals surface area contributed by atoms with Gasteiger partial charge in [-0.2, -0.15) is 10.5 Å². The lowest BCUT2D eigenvalue weighted by atomic mass is 9.71. The molecule has 1 aromatic rings. The summed E-state index contributed by atoms with van der Waals surface area (Å²) in [4.78, 5) is 0. The number of nitriles is 2. The van der Waals surface area contributed by atoms with Crippen molar-refractivity contribution < 1.29 is 0 Å². The van der Waals surface area contributed by atoms with E-state index in [-0.39, 0.29) is 5.92 Å². The third-order valence-corrected chi connectivity index (χ3v) is 4.93. The molecule has 0 fully saturated rings. The molecule has 3 aliphatic rings. The second-order valence-corrected chi connectivity index (χ2v) is 5.91. The maximum atomic E-state index is 9.92. The fraction of sp³-hybridized carbons (Fsp3) is 0.200. The first kappa shape index (κ1) is 12.9. The summed E-state index contributed by atoms with van der Waals surface area (Å²) in [6.07, 6.45) is 11.9. The van der Waals surface area contributed by atoms with Crippen LogP contribution in [0.2, 0.25) is 0 Å². The van der Waals surface area contributed by atoms with Crippen LogP contribution in [0.3, 0.4) is 0 Å². The topological polar surface area (TPSA) is 47.6 Å². The van der Waals surface area contributed by atoms with Gasteiger partial charge >= 0.3 is 0 Å². The molecule has 1 unspecified atom stereocenters. The summed E-state index contributed by atoms with van der Waals surface area (Å²) in [5.74, 6) is -0.173. The fourth-order valence-electron chi connectivity index (χ4n) is 3.97. The van der Waals surface area contributed by atoms with Crippen molar-refractivity contribution in [2.45, 2.75) is 12.8 Å². The molecule has 0 aromatic heterocycles. The Morgan fingerprint density at radius 3 is 2.64 bits per heavy atom. The number of fused-ring (bicyclic) bond motifs is 4. The second-order valence-electron chi connectivity index (χ2n) is 5.91. The third-order valence-electron chi connectivity index (χ3n) is 4.93. The van der Waals surface area contributed by atoms with Crippen molar-refractivity contribution in [2.24, 2.45) is 11.3 Å². The van der Waals surface area contributed by atoms with Crippen LogP contribution in [-0.4, -0.2) is 0 Å². The van der Waals surface area contributed by atoms with E-state index >= 15 is 0 Å². The number of hydrogen-bond donors (Lipinski definition) is 0. The molecule has 0 aliphatic heterocycles. The summed E-state index contributed by atoms with van der Waals surface area (Å²) in [7, 11) is 0. The highest BCUT2D eigenvalue weighted by atomic mass is 14.5. The number of nitrogens with zero attached hydrogens (tertiary/aromatic N) is 2. The Bertz CT molecular complexity index is 852. The molecule has 0 spiro atoms. The number of hydrogen-bond acceptors (Lipinski definition) is 2. The highest BCUT2D eigenvalue weighted by Gasteiger charge is 2.52. The van der Waals surface area contributed by atoms with Gasteiger partial charge in [-0.15, -0.1) is 0 Å². The minimum Gasteiger partial charge on any atom is -0.196 e. The first-order valence-electron chi connectivity index (χ1n) is 7.51. The van der Waals surface area contributed by atoms with Gasteiger partial charge in [-0.3, -0.25) is 0 Å². The van der Waals surface area contributed by atoms with E-state index in [9.17, 15) is 10.5 Å². The maximum Gasteiger partial charge on any atom is 0.179 e. The zero-order valence-electron chi connectivity index (χ0n) is 12.1. The Labute approximate surface area is 130 Å². The van der Waals surface area contributed by atoms with Gasteiger partial charge in [0.15, 0.2) is 5.41 Å². The van der Waals surface area contributed by atoms with Gasteiger partial charge in [0, 0.05) is 5.92 Å². The predicted molar refractivity (Wildman–Crippen MR) is 85.2 cm³/mol. The van der Waals surface area contributed by atoms with Crippen molar-refractivity contribution in [2.75, 3.05) is 0 Å². The number of benzene rings is 1. The zero-order chi connectivity index (χ0) is 15.2. The summed E-state index contributed by atoms with van der Waals surface area (Å²) in [5.41, 5.74) is 4.49. The molecule has 0 saturated carbocycles. The number of rotatable bonds is 0. The van der Waals surface area contributed by atoms with E-state index in [2.05, 4.69) is 30.3 Å². The SMILES string of the molecule is N#CC1(C#N)C2=C(CCc3ccccc32)C2=CC=CC=CC21. The van der Waals surface area contributed by atoms with E-state index in [1.54, 1.807) is 0 Å². The smallest absolute Gasteiger partial charge is 0.179 e. The Kier molecular flexibility index (Phi) is 2.68. The van der Waals surface area contributed by atoms with Crippen molar-refractivity contribution in [3.05, 3.63) is 76.9 Å². The Morgan fingerprint density at radius 1 is 1.00 bits per heavy atom. The normalized spacial score (nSPS) is 23.5. The van der Waals surface area contributed by atoms with Crippen molar-refractivity contribution in [1.29, 1.82) is 10.5 Å². The lowest BCUT2D eigenvalue weighted by molar-refractivity contribution is 0.578. The van der Waals surface area contributed by atoms with Gasteiger partial charge in [0.1, 0.15) is 0 Å². The molecule has 0 saturated heterocycles. The molecular weight excluding hydrogens is 268 g/mol. The zero-order valence-corrected chi connectivity index (χ0v) is 12.1. The van der Waals surface area contributed by atoms with Gasteiger partial charge in [-0.25, -0.2) is 0 Å². The van der Waals surface area contributed by atoms with E-state index < -0.39 is 5.41 Å². The Morgan fingerprint density at radius 2 is 1.82 bits per heavy atom. The summed E-state index contributed by atoms with van der Waals surface area (Å²) in [5, 5.41) is 19.8. The molecule has 4 rings (SSSR count). The standard InChI is InChI=1S/C20H14N2/c21-12-20(13-22)18-9-3-1-2-8-16(18)17-11-10-14-6-4-5-7-15(14)19(17)20/h1-9,18H,10-11H2. The molecule has 3 aliphatic carbocycles. The van der Waals surface area contributed by atoms with Crippen molar-refractivity contribution in [3.8, 4) is 12.1 Å². The minimum atomic E-state index is -1.11. The first-order chi connectivity index (χ1) is 10.8. The highest BCUT2D eigenvalue weighted by Crippen LogP contribution is 2.58. The van der Waals surface area contributed by atoms with Crippen LogP contribution in [0.15, 0.2) is 65.8 Å². The van der Waals surface area contributed by atoms with Crippen molar-refractivity contribution in [1.82, 2.24) is 0 Å². The highest BCUT2D eigenvalue weighted by molar-refractivity contribution is 5.89. The lowest BCUT2D eigenvalue weighted by Gasteiger charge is -2.25. The summed E-state index contributed by atoms with van der Waals surface area (Å²) >= 11 is 0. The van der Waals surface area contributed by atoms with Crippen LogP contribution < -0.4 is 0 Å².